The second-order valence-corrected chi connectivity index (χ2v) is 3.96. The second kappa shape index (κ2) is 5.01. The van der Waals surface area contributed by atoms with Crippen LogP contribution in [0.3, 0.4) is 0 Å². The van der Waals surface area contributed by atoms with Crippen molar-refractivity contribution in [2.24, 2.45) is 7.05 Å². The van der Waals surface area contributed by atoms with E-state index in [4.69, 9.17) is 17.3 Å². The third-order valence-electron chi connectivity index (χ3n) is 2.32. The van der Waals surface area contributed by atoms with Crippen LogP contribution in [-0.4, -0.2) is 26.1 Å². The molecule has 7 heteroatoms. The van der Waals surface area contributed by atoms with E-state index < -0.39 is 0 Å². The second-order valence-electron chi connectivity index (χ2n) is 3.56. The molecular formula is C10H13ClN6. The molecule has 0 aromatic carbocycles. The molecule has 2 rings (SSSR count). The lowest BCUT2D eigenvalue weighted by Crippen LogP contribution is -2.10. The van der Waals surface area contributed by atoms with Crippen molar-refractivity contribution in [1.82, 2.24) is 19.5 Å². The van der Waals surface area contributed by atoms with Crippen molar-refractivity contribution in [3.63, 3.8) is 0 Å². The number of aryl methyl sites for hydroxylation is 1. The molecular weight excluding hydrogens is 240 g/mol. The van der Waals surface area contributed by atoms with Crippen molar-refractivity contribution in [2.75, 3.05) is 17.6 Å². The van der Waals surface area contributed by atoms with Crippen molar-refractivity contribution < 1.29 is 0 Å². The number of halogens is 1. The molecule has 0 atom stereocenters. The number of rotatable bonds is 4. The van der Waals surface area contributed by atoms with Crippen molar-refractivity contribution in [3.05, 3.63) is 29.4 Å². The molecule has 0 unspecified atom stereocenters. The zero-order chi connectivity index (χ0) is 12.3. The minimum Gasteiger partial charge on any atom is -0.368 e. The molecule has 0 aliphatic heterocycles. The minimum atomic E-state index is 0.203. The highest BCUT2D eigenvalue weighted by Crippen LogP contribution is 2.17. The summed E-state index contributed by atoms with van der Waals surface area (Å²) >= 11 is 5.92. The number of nitrogens with two attached hydrogens (primary N) is 1. The molecule has 0 amide bonds. The van der Waals surface area contributed by atoms with Crippen molar-refractivity contribution >= 4 is 23.4 Å². The van der Waals surface area contributed by atoms with Crippen molar-refractivity contribution in [3.8, 4) is 0 Å². The Labute approximate surface area is 104 Å². The number of imidazole rings is 1. The molecule has 0 aliphatic carbocycles. The summed E-state index contributed by atoms with van der Waals surface area (Å²) in [6.07, 6.45) is 5.94. The summed E-state index contributed by atoms with van der Waals surface area (Å²) in [4.78, 5) is 12.0. The van der Waals surface area contributed by atoms with Crippen LogP contribution in [0.5, 0.6) is 0 Å². The number of aromatic nitrogens is 4. The molecule has 0 fully saturated rings. The fourth-order valence-electron chi connectivity index (χ4n) is 1.43. The average molecular weight is 253 g/mol. The quantitative estimate of drug-likeness (QED) is 0.852. The van der Waals surface area contributed by atoms with Gasteiger partial charge in [-0.05, 0) is 0 Å². The molecule has 3 N–H and O–H groups in total. The molecule has 0 saturated carbocycles. The smallest absolute Gasteiger partial charge is 0.222 e. The summed E-state index contributed by atoms with van der Waals surface area (Å²) in [5.74, 6) is 1.75. The fourth-order valence-corrected chi connectivity index (χ4v) is 1.59. The maximum atomic E-state index is 5.92. The zero-order valence-electron chi connectivity index (χ0n) is 9.39. The molecule has 2 aromatic rings. The van der Waals surface area contributed by atoms with Gasteiger partial charge in [-0.3, -0.25) is 0 Å². The number of nitrogen functional groups attached to an aromatic ring is 1. The third-order valence-corrected chi connectivity index (χ3v) is 2.60. The monoisotopic (exact) mass is 252 g/mol. The molecule has 90 valence electrons. The first-order valence-electron chi connectivity index (χ1n) is 5.15. The van der Waals surface area contributed by atoms with Crippen molar-refractivity contribution in [1.29, 1.82) is 0 Å². The van der Waals surface area contributed by atoms with Crippen LogP contribution in [0.2, 0.25) is 5.02 Å². The number of hydrogen-bond acceptors (Lipinski definition) is 5. The molecule has 2 aromatic heterocycles. The van der Waals surface area contributed by atoms with Crippen LogP contribution in [0.15, 0.2) is 18.6 Å². The van der Waals surface area contributed by atoms with E-state index in [0.29, 0.717) is 17.4 Å². The van der Waals surface area contributed by atoms with E-state index in [2.05, 4.69) is 20.3 Å². The van der Waals surface area contributed by atoms with Gasteiger partial charge in [-0.1, -0.05) is 11.6 Å². The Kier molecular flexibility index (Phi) is 3.43. The fraction of sp³-hybridized carbons (Fsp3) is 0.300. The topological polar surface area (TPSA) is 81.7 Å². The van der Waals surface area contributed by atoms with Gasteiger partial charge in [0.05, 0.1) is 6.20 Å². The Morgan fingerprint density at radius 1 is 1.47 bits per heavy atom. The van der Waals surface area contributed by atoms with Crippen LogP contribution in [0.25, 0.3) is 0 Å². The molecule has 0 spiro atoms. The van der Waals surface area contributed by atoms with Crippen LogP contribution in [-0.2, 0) is 13.5 Å². The number of nitrogens with zero attached hydrogens (tertiary/aromatic N) is 4. The highest BCUT2D eigenvalue weighted by molar-refractivity contribution is 6.32. The van der Waals surface area contributed by atoms with Gasteiger partial charge in [-0.25, -0.2) is 9.97 Å². The standard InChI is InChI=1S/C10H13ClN6/c1-17-5-4-13-8(17)2-3-14-9-7(11)6-15-10(12)16-9/h4-6H,2-3H2,1H3,(H3,12,14,15,16). The van der Waals surface area contributed by atoms with Gasteiger partial charge in [0.15, 0.2) is 0 Å². The number of anilines is 2. The lowest BCUT2D eigenvalue weighted by atomic mass is 10.4. The summed E-state index contributed by atoms with van der Waals surface area (Å²) in [6.45, 7) is 0.682. The van der Waals surface area contributed by atoms with E-state index in [1.54, 1.807) is 6.20 Å². The van der Waals surface area contributed by atoms with Gasteiger partial charge in [0.25, 0.3) is 0 Å². The van der Waals surface area contributed by atoms with E-state index in [1.165, 1.54) is 6.20 Å². The van der Waals surface area contributed by atoms with Gasteiger partial charge in [0.1, 0.15) is 16.7 Å². The molecule has 17 heavy (non-hydrogen) atoms. The van der Waals surface area contributed by atoms with Crippen LogP contribution >= 0.6 is 11.6 Å². The van der Waals surface area contributed by atoms with Crippen LogP contribution < -0.4 is 11.1 Å². The van der Waals surface area contributed by atoms with Gasteiger partial charge < -0.3 is 15.6 Å². The van der Waals surface area contributed by atoms with E-state index in [-0.39, 0.29) is 5.95 Å². The van der Waals surface area contributed by atoms with E-state index in [0.717, 1.165) is 12.2 Å². The van der Waals surface area contributed by atoms with E-state index in [9.17, 15) is 0 Å². The summed E-state index contributed by atoms with van der Waals surface area (Å²) < 4.78 is 1.97. The highest BCUT2D eigenvalue weighted by atomic mass is 35.5. The molecule has 0 radical (unpaired) electrons. The van der Waals surface area contributed by atoms with Gasteiger partial charge in [0, 0.05) is 32.4 Å². The maximum absolute atomic E-state index is 5.92. The van der Waals surface area contributed by atoms with Crippen LogP contribution in [0.1, 0.15) is 5.82 Å². The third kappa shape index (κ3) is 2.85. The number of hydrogen-bond donors (Lipinski definition) is 2. The van der Waals surface area contributed by atoms with Gasteiger partial charge >= 0.3 is 0 Å². The first kappa shape index (κ1) is 11.7. The Morgan fingerprint density at radius 3 is 3.00 bits per heavy atom. The lowest BCUT2D eigenvalue weighted by Gasteiger charge is -2.07. The van der Waals surface area contributed by atoms with Gasteiger partial charge in [0.2, 0.25) is 5.95 Å². The predicted molar refractivity (Wildman–Crippen MR) is 66.9 cm³/mol. The molecule has 6 nitrogen and oxygen atoms in total. The highest BCUT2D eigenvalue weighted by Gasteiger charge is 2.04. The Hall–Kier alpha value is -1.82. The Morgan fingerprint density at radius 2 is 2.29 bits per heavy atom. The van der Waals surface area contributed by atoms with Gasteiger partial charge in [-0.2, -0.15) is 4.98 Å². The van der Waals surface area contributed by atoms with E-state index >= 15 is 0 Å². The first-order valence-corrected chi connectivity index (χ1v) is 5.52. The summed E-state index contributed by atoms with van der Waals surface area (Å²) in [5.41, 5.74) is 5.48. The maximum Gasteiger partial charge on any atom is 0.222 e. The number of nitrogens with one attached hydrogen (secondary N) is 1. The predicted octanol–water partition coefficient (Wildman–Crippen LogP) is 1.10. The Balaban J connectivity index is 1.94. The Bertz CT molecular complexity index is 509. The SMILES string of the molecule is Cn1ccnc1CCNc1nc(N)ncc1Cl. The summed E-state index contributed by atoms with van der Waals surface area (Å²) in [6, 6.07) is 0. The summed E-state index contributed by atoms with van der Waals surface area (Å²) in [5, 5.41) is 3.56. The molecule has 0 aliphatic rings. The first-order chi connectivity index (χ1) is 8.16. The normalized spacial score (nSPS) is 10.5. The lowest BCUT2D eigenvalue weighted by molar-refractivity contribution is 0.788. The van der Waals surface area contributed by atoms with Crippen molar-refractivity contribution in [2.45, 2.75) is 6.42 Å². The zero-order valence-corrected chi connectivity index (χ0v) is 10.1. The summed E-state index contributed by atoms with van der Waals surface area (Å²) in [7, 11) is 1.96. The van der Waals surface area contributed by atoms with E-state index in [1.807, 2.05) is 17.8 Å². The molecule has 2 heterocycles. The minimum absolute atomic E-state index is 0.203. The largest absolute Gasteiger partial charge is 0.368 e. The molecule has 0 bridgehead atoms. The van der Waals surface area contributed by atoms with Crippen LogP contribution in [0.4, 0.5) is 11.8 Å². The van der Waals surface area contributed by atoms with Crippen LogP contribution in [0, 0.1) is 0 Å². The van der Waals surface area contributed by atoms with Gasteiger partial charge in [-0.15, -0.1) is 0 Å². The average Bonchev–Trinajstić information content (AvgIpc) is 2.70. The molecule has 0 saturated heterocycles.